The SMILES string of the molecule is CCOc1ccc(C(=O)N2CCN(c3ncnc4c3nnn4-c3ccc(OC)cc3)CC2)cc1OCC. The van der Waals surface area contributed by atoms with Crippen LogP contribution in [0.5, 0.6) is 17.2 Å². The number of fused-ring (bicyclic) bond motifs is 1. The number of ether oxygens (including phenoxy) is 3. The standard InChI is InChI=1S/C26H29N7O4/c1-4-36-21-11-6-18(16-22(21)37-5-2)26(34)32-14-12-31(13-15-32)24-23-25(28-17-27-24)33(30-29-23)19-7-9-20(35-3)10-8-19/h6-11,16-17H,4-5,12-15H2,1-3H3. The highest BCUT2D eigenvalue weighted by atomic mass is 16.5. The van der Waals surface area contributed by atoms with E-state index in [4.69, 9.17) is 14.2 Å². The van der Waals surface area contributed by atoms with Crippen molar-refractivity contribution in [3.8, 4) is 22.9 Å². The van der Waals surface area contributed by atoms with Crippen molar-refractivity contribution in [1.82, 2.24) is 29.9 Å². The van der Waals surface area contributed by atoms with E-state index in [-0.39, 0.29) is 5.91 Å². The van der Waals surface area contributed by atoms with Gasteiger partial charge in [-0.3, -0.25) is 4.79 Å². The molecule has 3 heterocycles. The number of piperazine rings is 1. The fraction of sp³-hybridized carbons (Fsp3) is 0.346. The van der Waals surface area contributed by atoms with Crippen molar-refractivity contribution in [2.24, 2.45) is 0 Å². The Morgan fingerprint density at radius 1 is 0.919 bits per heavy atom. The zero-order chi connectivity index (χ0) is 25.8. The van der Waals surface area contributed by atoms with E-state index in [0.29, 0.717) is 73.4 Å². The lowest BCUT2D eigenvalue weighted by atomic mass is 10.1. The maximum Gasteiger partial charge on any atom is 0.254 e. The van der Waals surface area contributed by atoms with Crippen molar-refractivity contribution in [2.45, 2.75) is 13.8 Å². The van der Waals surface area contributed by atoms with E-state index in [0.717, 1.165) is 11.4 Å². The quantitative estimate of drug-likeness (QED) is 0.359. The monoisotopic (exact) mass is 503 g/mol. The third-order valence-corrected chi connectivity index (χ3v) is 6.19. The Morgan fingerprint density at radius 2 is 1.65 bits per heavy atom. The molecule has 0 N–H and O–H groups in total. The smallest absolute Gasteiger partial charge is 0.254 e. The molecule has 0 aliphatic carbocycles. The Balaban J connectivity index is 1.31. The van der Waals surface area contributed by atoms with Crippen LogP contribution in [0, 0.1) is 0 Å². The molecule has 11 nitrogen and oxygen atoms in total. The van der Waals surface area contributed by atoms with Crippen LogP contribution >= 0.6 is 0 Å². The van der Waals surface area contributed by atoms with Gasteiger partial charge in [0.25, 0.3) is 5.91 Å². The van der Waals surface area contributed by atoms with Gasteiger partial charge in [0.2, 0.25) is 0 Å². The highest BCUT2D eigenvalue weighted by molar-refractivity contribution is 5.95. The van der Waals surface area contributed by atoms with Crippen LogP contribution in [-0.4, -0.2) is 82.3 Å². The number of amides is 1. The van der Waals surface area contributed by atoms with Gasteiger partial charge in [0.1, 0.15) is 12.1 Å². The molecule has 1 aliphatic heterocycles. The van der Waals surface area contributed by atoms with Gasteiger partial charge in [-0.1, -0.05) is 5.21 Å². The van der Waals surface area contributed by atoms with Crippen molar-refractivity contribution < 1.29 is 19.0 Å². The van der Waals surface area contributed by atoms with E-state index >= 15 is 0 Å². The Labute approximate surface area is 214 Å². The van der Waals surface area contributed by atoms with Crippen LogP contribution in [0.3, 0.4) is 0 Å². The zero-order valence-corrected chi connectivity index (χ0v) is 21.1. The van der Waals surface area contributed by atoms with Gasteiger partial charge in [0.05, 0.1) is 26.0 Å². The maximum absolute atomic E-state index is 13.2. The predicted molar refractivity (Wildman–Crippen MR) is 138 cm³/mol. The fourth-order valence-corrected chi connectivity index (χ4v) is 4.35. The second-order valence-electron chi connectivity index (χ2n) is 8.38. The summed E-state index contributed by atoms with van der Waals surface area (Å²) in [5.74, 6) is 2.65. The van der Waals surface area contributed by atoms with Crippen molar-refractivity contribution in [3.63, 3.8) is 0 Å². The number of hydrogen-bond donors (Lipinski definition) is 0. The Morgan fingerprint density at radius 3 is 2.35 bits per heavy atom. The Kier molecular flexibility index (Phi) is 7.02. The summed E-state index contributed by atoms with van der Waals surface area (Å²) in [4.78, 5) is 26.1. The molecule has 1 amide bonds. The minimum absolute atomic E-state index is 0.0399. The summed E-state index contributed by atoms with van der Waals surface area (Å²) < 4.78 is 18.2. The van der Waals surface area contributed by atoms with Gasteiger partial charge in [-0.25, -0.2) is 9.97 Å². The van der Waals surface area contributed by atoms with Crippen LogP contribution in [-0.2, 0) is 0 Å². The van der Waals surface area contributed by atoms with Crippen LogP contribution in [0.25, 0.3) is 16.9 Å². The number of carbonyl (C=O) groups is 1. The first-order chi connectivity index (χ1) is 18.1. The second kappa shape index (κ2) is 10.7. The molecule has 2 aromatic carbocycles. The average molecular weight is 504 g/mol. The lowest BCUT2D eigenvalue weighted by Gasteiger charge is -2.35. The van der Waals surface area contributed by atoms with E-state index in [9.17, 15) is 4.79 Å². The van der Waals surface area contributed by atoms with E-state index in [1.807, 2.05) is 43.0 Å². The molecular formula is C26H29N7O4. The zero-order valence-electron chi connectivity index (χ0n) is 21.1. The first kappa shape index (κ1) is 24.3. The van der Waals surface area contributed by atoms with Crippen LogP contribution < -0.4 is 19.1 Å². The predicted octanol–water partition coefficient (Wildman–Crippen LogP) is 2.98. The van der Waals surface area contributed by atoms with E-state index < -0.39 is 0 Å². The second-order valence-corrected chi connectivity index (χ2v) is 8.38. The number of benzene rings is 2. The summed E-state index contributed by atoms with van der Waals surface area (Å²) in [5, 5.41) is 8.69. The third-order valence-electron chi connectivity index (χ3n) is 6.19. The lowest BCUT2D eigenvalue weighted by Crippen LogP contribution is -2.49. The van der Waals surface area contributed by atoms with Gasteiger partial charge in [-0.15, -0.1) is 5.10 Å². The molecule has 0 radical (unpaired) electrons. The Bertz CT molecular complexity index is 1380. The van der Waals surface area contributed by atoms with Crippen molar-refractivity contribution in [2.75, 3.05) is 51.4 Å². The number of carbonyl (C=O) groups excluding carboxylic acids is 1. The summed E-state index contributed by atoms with van der Waals surface area (Å²) in [7, 11) is 1.63. The number of methoxy groups -OCH3 is 1. The van der Waals surface area contributed by atoms with Gasteiger partial charge in [-0.05, 0) is 56.3 Å². The molecular weight excluding hydrogens is 474 g/mol. The van der Waals surface area contributed by atoms with Gasteiger partial charge in [-0.2, -0.15) is 4.68 Å². The molecule has 0 unspecified atom stereocenters. The number of aromatic nitrogens is 5. The molecule has 0 atom stereocenters. The number of rotatable bonds is 8. The summed E-state index contributed by atoms with van der Waals surface area (Å²) >= 11 is 0. The van der Waals surface area contributed by atoms with Crippen molar-refractivity contribution in [3.05, 3.63) is 54.4 Å². The van der Waals surface area contributed by atoms with Gasteiger partial charge < -0.3 is 24.0 Å². The summed E-state index contributed by atoms with van der Waals surface area (Å²) in [5.41, 5.74) is 2.63. The number of hydrogen-bond acceptors (Lipinski definition) is 9. The molecule has 4 aromatic rings. The molecule has 0 saturated carbocycles. The van der Waals surface area contributed by atoms with Crippen molar-refractivity contribution in [1.29, 1.82) is 0 Å². The van der Waals surface area contributed by atoms with Gasteiger partial charge in [0.15, 0.2) is 28.5 Å². The Hall–Kier alpha value is -4.41. The van der Waals surface area contributed by atoms with E-state index in [1.54, 1.807) is 30.0 Å². The number of nitrogens with zero attached hydrogens (tertiary/aromatic N) is 7. The summed E-state index contributed by atoms with van der Waals surface area (Å²) in [6.45, 7) is 7.17. The highest BCUT2D eigenvalue weighted by Gasteiger charge is 2.26. The first-order valence-electron chi connectivity index (χ1n) is 12.3. The van der Waals surface area contributed by atoms with Gasteiger partial charge in [0, 0.05) is 31.7 Å². The minimum Gasteiger partial charge on any atom is -0.497 e. The molecule has 1 saturated heterocycles. The van der Waals surface area contributed by atoms with Crippen LogP contribution in [0.1, 0.15) is 24.2 Å². The van der Waals surface area contributed by atoms with E-state index in [1.165, 1.54) is 6.33 Å². The topological polar surface area (TPSA) is 108 Å². The van der Waals surface area contributed by atoms with Crippen LogP contribution in [0.4, 0.5) is 5.82 Å². The average Bonchev–Trinajstić information content (AvgIpc) is 3.38. The maximum atomic E-state index is 13.2. The molecule has 0 spiro atoms. The van der Waals surface area contributed by atoms with Crippen molar-refractivity contribution >= 4 is 22.9 Å². The minimum atomic E-state index is -0.0399. The largest absolute Gasteiger partial charge is 0.497 e. The summed E-state index contributed by atoms with van der Waals surface area (Å²) in [6.07, 6.45) is 1.52. The molecule has 11 heteroatoms. The third kappa shape index (κ3) is 4.84. The normalized spacial score (nSPS) is 13.6. The van der Waals surface area contributed by atoms with E-state index in [2.05, 4.69) is 25.2 Å². The van der Waals surface area contributed by atoms with Crippen LogP contribution in [0.15, 0.2) is 48.8 Å². The molecule has 37 heavy (non-hydrogen) atoms. The first-order valence-corrected chi connectivity index (χ1v) is 12.3. The molecule has 192 valence electrons. The fourth-order valence-electron chi connectivity index (χ4n) is 4.35. The molecule has 1 fully saturated rings. The lowest BCUT2D eigenvalue weighted by molar-refractivity contribution is 0.0746. The molecule has 2 aromatic heterocycles. The van der Waals surface area contributed by atoms with Crippen LogP contribution in [0.2, 0.25) is 0 Å². The number of anilines is 1. The van der Waals surface area contributed by atoms with Gasteiger partial charge >= 0.3 is 0 Å². The highest BCUT2D eigenvalue weighted by Crippen LogP contribution is 2.30. The summed E-state index contributed by atoms with van der Waals surface area (Å²) in [6, 6.07) is 12.9. The molecule has 5 rings (SSSR count). The molecule has 1 aliphatic rings. The molecule has 0 bridgehead atoms.